The van der Waals surface area contributed by atoms with E-state index in [4.69, 9.17) is 5.73 Å². The normalized spacial score (nSPS) is 13.5. The van der Waals surface area contributed by atoms with Crippen LogP contribution in [0, 0.1) is 0 Å². The van der Waals surface area contributed by atoms with Crippen molar-refractivity contribution in [3.63, 3.8) is 0 Å². The van der Waals surface area contributed by atoms with Crippen molar-refractivity contribution >= 4 is 26.8 Å². The van der Waals surface area contributed by atoms with Gasteiger partial charge in [-0.05, 0) is 41.7 Å². The van der Waals surface area contributed by atoms with Crippen LogP contribution in [0.1, 0.15) is 11.6 Å². The maximum Gasteiger partial charge on any atom is 0.0625 e. The van der Waals surface area contributed by atoms with Gasteiger partial charge in [0, 0.05) is 35.7 Å². The van der Waals surface area contributed by atoms with Gasteiger partial charge in [0.2, 0.25) is 0 Å². The fraction of sp³-hybridized carbons (Fsp3) is 0.385. The third-order valence-electron chi connectivity index (χ3n) is 3.19. The highest BCUT2D eigenvalue weighted by Gasteiger charge is 2.18. The average Bonchev–Trinajstić information content (AvgIpc) is 2.58. The number of likely N-dealkylation sites (N-methyl/N-ethyl adjacent to an activating group) is 1. The van der Waals surface area contributed by atoms with Gasteiger partial charge in [-0.3, -0.25) is 0 Å². The van der Waals surface area contributed by atoms with Gasteiger partial charge in [-0.25, -0.2) is 0 Å². The molecule has 0 radical (unpaired) electrons. The van der Waals surface area contributed by atoms with Crippen LogP contribution in [0.3, 0.4) is 0 Å². The molecule has 0 fully saturated rings. The molecule has 0 bridgehead atoms. The largest absolute Gasteiger partial charge is 0.349 e. The van der Waals surface area contributed by atoms with Crippen LogP contribution in [0.15, 0.2) is 28.9 Å². The fourth-order valence-electron chi connectivity index (χ4n) is 2.33. The van der Waals surface area contributed by atoms with Crippen LogP contribution in [0.5, 0.6) is 0 Å². The zero-order valence-corrected chi connectivity index (χ0v) is 12.0. The number of rotatable bonds is 3. The first-order valence-electron chi connectivity index (χ1n) is 5.66. The Kier molecular flexibility index (Phi) is 3.56. The van der Waals surface area contributed by atoms with Gasteiger partial charge in [0.1, 0.15) is 0 Å². The Morgan fingerprint density at radius 1 is 1.41 bits per heavy atom. The number of benzene rings is 1. The predicted octanol–water partition coefficient (Wildman–Crippen LogP) is 2.50. The van der Waals surface area contributed by atoms with E-state index in [1.807, 2.05) is 0 Å². The van der Waals surface area contributed by atoms with E-state index in [2.05, 4.69) is 70.9 Å². The van der Waals surface area contributed by atoms with Crippen molar-refractivity contribution in [3.05, 3.63) is 34.4 Å². The molecule has 0 aliphatic heterocycles. The predicted molar refractivity (Wildman–Crippen MR) is 76.1 cm³/mol. The lowest BCUT2D eigenvalue weighted by molar-refractivity contribution is 0.307. The van der Waals surface area contributed by atoms with Gasteiger partial charge in [0.15, 0.2) is 0 Å². The maximum absolute atomic E-state index is 5.88. The van der Waals surface area contributed by atoms with Crippen molar-refractivity contribution in [2.24, 2.45) is 12.8 Å². The summed E-state index contributed by atoms with van der Waals surface area (Å²) in [7, 11) is 6.20. The quantitative estimate of drug-likeness (QED) is 0.944. The molecule has 1 unspecified atom stereocenters. The molecule has 2 N–H and O–H groups in total. The second-order valence-electron chi connectivity index (χ2n) is 4.55. The SMILES string of the molecule is CN(C)C(CN)c1cn(C)c2c(Br)cccc12. The van der Waals surface area contributed by atoms with Crippen molar-refractivity contribution in [3.8, 4) is 0 Å². The Bertz CT molecular complexity index is 531. The van der Waals surface area contributed by atoms with E-state index >= 15 is 0 Å². The smallest absolute Gasteiger partial charge is 0.0625 e. The van der Waals surface area contributed by atoms with E-state index in [9.17, 15) is 0 Å². The molecule has 2 aromatic rings. The van der Waals surface area contributed by atoms with Gasteiger partial charge in [-0.15, -0.1) is 0 Å². The van der Waals surface area contributed by atoms with E-state index in [1.165, 1.54) is 16.5 Å². The minimum atomic E-state index is 0.257. The number of hydrogen-bond donors (Lipinski definition) is 1. The molecule has 1 aromatic carbocycles. The minimum Gasteiger partial charge on any atom is -0.349 e. The number of fused-ring (bicyclic) bond motifs is 1. The number of aryl methyl sites for hydroxylation is 1. The number of hydrogen-bond acceptors (Lipinski definition) is 2. The molecule has 3 nitrogen and oxygen atoms in total. The van der Waals surface area contributed by atoms with Crippen LogP contribution in [0.4, 0.5) is 0 Å². The molecule has 4 heteroatoms. The number of para-hydroxylation sites is 1. The van der Waals surface area contributed by atoms with E-state index in [-0.39, 0.29) is 6.04 Å². The average molecular weight is 296 g/mol. The molecule has 1 atom stereocenters. The lowest BCUT2D eigenvalue weighted by atomic mass is 10.1. The highest BCUT2D eigenvalue weighted by atomic mass is 79.9. The molecule has 0 spiro atoms. The number of halogens is 1. The van der Waals surface area contributed by atoms with Gasteiger partial charge in [-0.1, -0.05) is 12.1 Å². The van der Waals surface area contributed by atoms with Gasteiger partial charge in [0.05, 0.1) is 5.52 Å². The fourth-order valence-corrected chi connectivity index (χ4v) is 2.98. The van der Waals surface area contributed by atoms with E-state index in [0.29, 0.717) is 6.54 Å². The van der Waals surface area contributed by atoms with E-state index in [0.717, 1.165) is 4.47 Å². The molecular formula is C13H18BrN3. The summed E-state index contributed by atoms with van der Waals surface area (Å²) in [5.41, 5.74) is 8.39. The van der Waals surface area contributed by atoms with Crippen molar-refractivity contribution in [2.45, 2.75) is 6.04 Å². The summed E-state index contributed by atoms with van der Waals surface area (Å²) in [6.07, 6.45) is 2.17. The molecule has 17 heavy (non-hydrogen) atoms. The van der Waals surface area contributed by atoms with Gasteiger partial charge in [0.25, 0.3) is 0 Å². The highest BCUT2D eigenvalue weighted by Crippen LogP contribution is 2.32. The number of nitrogens with zero attached hydrogens (tertiary/aromatic N) is 2. The van der Waals surface area contributed by atoms with E-state index in [1.54, 1.807) is 0 Å². The summed E-state index contributed by atoms with van der Waals surface area (Å²) in [6.45, 7) is 0.624. The molecular weight excluding hydrogens is 278 g/mol. The topological polar surface area (TPSA) is 34.2 Å². The molecule has 0 aliphatic carbocycles. The van der Waals surface area contributed by atoms with Crippen LogP contribution < -0.4 is 5.73 Å². The summed E-state index contributed by atoms with van der Waals surface area (Å²) < 4.78 is 3.28. The van der Waals surface area contributed by atoms with Gasteiger partial charge < -0.3 is 15.2 Å². The van der Waals surface area contributed by atoms with Crippen LogP contribution in [0.25, 0.3) is 10.9 Å². The van der Waals surface area contributed by atoms with Crippen LogP contribution in [0.2, 0.25) is 0 Å². The number of nitrogens with two attached hydrogens (primary N) is 1. The van der Waals surface area contributed by atoms with Crippen molar-refractivity contribution < 1.29 is 0 Å². The maximum atomic E-state index is 5.88. The standard InChI is InChI=1S/C13H18BrN3/c1-16(2)12(7-15)10-8-17(3)13-9(10)5-4-6-11(13)14/h4-6,8,12H,7,15H2,1-3H3. The summed E-state index contributed by atoms with van der Waals surface area (Å²) in [6, 6.07) is 6.55. The first kappa shape index (κ1) is 12.6. The van der Waals surface area contributed by atoms with Gasteiger partial charge in [-0.2, -0.15) is 0 Å². The molecule has 1 heterocycles. The summed E-state index contributed by atoms with van der Waals surface area (Å²) in [4.78, 5) is 2.16. The Balaban J connectivity index is 2.67. The third kappa shape index (κ3) is 2.12. The molecule has 0 aliphatic rings. The Labute approximate surface area is 110 Å². The molecule has 0 saturated carbocycles. The monoisotopic (exact) mass is 295 g/mol. The molecule has 92 valence electrons. The van der Waals surface area contributed by atoms with Crippen LogP contribution in [-0.4, -0.2) is 30.1 Å². The van der Waals surface area contributed by atoms with Crippen LogP contribution >= 0.6 is 15.9 Å². The van der Waals surface area contributed by atoms with Gasteiger partial charge >= 0.3 is 0 Å². The summed E-state index contributed by atoms with van der Waals surface area (Å²) in [5, 5.41) is 1.27. The molecule has 2 rings (SSSR count). The molecule has 1 aromatic heterocycles. The van der Waals surface area contributed by atoms with Crippen LogP contribution in [-0.2, 0) is 7.05 Å². The lowest BCUT2D eigenvalue weighted by Crippen LogP contribution is -2.26. The molecule has 0 amide bonds. The van der Waals surface area contributed by atoms with E-state index < -0.39 is 0 Å². The summed E-state index contributed by atoms with van der Waals surface area (Å²) >= 11 is 3.60. The van der Waals surface area contributed by atoms with Crippen molar-refractivity contribution in [1.29, 1.82) is 0 Å². The molecule has 0 saturated heterocycles. The first-order valence-corrected chi connectivity index (χ1v) is 6.45. The zero-order chi connectivity index (χ0) is 12.6. The Morgan fingerprint density at radius 3 is 2.71 bits per heavy atom. The summed E-state index contributed by atoms with van der Waals surface area (Å²) in [5.74, 6) is 0. The lowest BCUT2D eigenvalue weighted by Gasteiger charge is -2.22. The van der Waals surface area contributed by atoms with Crippen molar-refractivity contribution in [2.75, 3.05) is 20.6 Å². The number of aromatic nitrogens is 1. The third-order valence-corrected chi connectivity index (χ3v) is 3.83. The second kappa shape index (κ2) is 4.80. The van der Waals surface area contributed by atoms with Crippen molar-refractivity contribution in [1.82, 2.24) is 9.47 Å². The Hall–Kier alpha value is -0.840. The zero-order valence-electron chi connectivity index (χ0n) is 10.4. The minimum absolute atomic E-state index is 0.257. The second-order valence-corrected chi connectivity index (χ2v) is 5.40. The first-order chi connectivity index (χ1) is 8.06. The highest BCUT2D eigenvalue weighted by molar-refractivity contribution is 9.10. The Morgan fingerprint density at radius 2 is 2.12 bits per heavy atom.